The molecule has 0 aliphatic carbocycles. The summed E-state index contributed by atoms with van der Waals surface area (Å²) in [7, 11) is 1.81. The molecule has 0 aliphatic rings. The summed E-state index contributed by atoms with van der Waals surface area (Å²) in [6, 6.07) is 13.3. The summed E-state index contributed by atoms with van der Waals surface area (Å²) in [5.41, 5.74) is 2.44. The average Bonchev–Trinajstić information content (AvgIpc) is 2.83. The fourth-order valence-electron chi connectivity index (χ4n) is 2.12. The molecule has 4 heteroatoms. The van der Waals surface area contributed by atoms with Gasteiger partial charge in [-0.1, -0.05) is 41.4 Å². The number of hydrogen-bond donors (Lipinski definition) is 1. The highest BCUT2D eigenvalue weighted by Gasteiger charge is 2.15. The first-order chi connectivity index (χ1) is 9.20. The van der Waals surface area contributed by atoms with Gasteiger partial charge in [0.15, 0.2) is 5.88 Å². The van der Waals surface area contributed by atoms with Crippen LogP contribution < -0.4 is 5.32 Å². The van der Waals surface area contributed by atoms with Crippen molar-refractivity contribution in [1.82, 2.24) is 0 Å². The minimum Gasteiger partial charge on any atom is -0.440 e. The van der Waals surface area contributed by atoms with Crippen molar-refractivity contribution in [2.45, 2.75) is 0 Å². The highest BCUT2D eigenvalue weighted by molar-refractivity contribution is 6.37. The molecule has 96 valence electrons. The van der Waals surface area contributed by atoms with Gasteiger partial charge in [-0.25, -0.2) is 0 Å². The Hall–Kier alpha value is -1.64. The van der Waals surface area contributed by atoms with Gasteiger partial charge in [-0.15, -0.1) is 0 Å². The molecule has 0 spiro atoms. The van der Waals surface area contributed by atoms with E-state index in [9.17, 15) is 0 Å². The van der Waals surface area contributed by atoms with Crippen LogP contribution in [0.3, 0.4) is 0 Å². The zero-order valence-electron chi connectivity index (χ0n) is 10.2. The molecule has 3 aromatic rings. The maximum atomic E-state index is 6.32. The molecule has 1 heterocycles. The van der Waals surface area contributed by atoms with Gasteiger partial charge >= 0.3 is 0 Å². The molecule has 0 amide bonds. The van der Waals surface area contributed by atoms with Gasteiger partial charge in [0.05, 0.1) is 5.02 Å². The lowest BCUT2D eigenvalue weighted by Gasteiger charge is -2.07. The molecule has 19 heavy (non-hydrogen) atoms. The quantitative estimate of drug-likeness (QED) is 0.679. The van der Waals surface area contributed by atoms with E-state index in [4.69, 9.17) is 27.6 Å². The molecule has 0 fully saturated rings. The number of rotatable bonds is 2. The molecule has 2 nitrogen and oxygen atoms in total. The van der Waals surface area contributed by atoms with E-state index in [1.165, 1.54) is 0 Å². The summed E-state index contributed by atoms with van der Waals surface area (Å²) in [5, 5.41) is 5.25. The molecule has 0 aliphatic heterocycles. The van der Waals surface area contributed by atoms with Gasteiger partial charge in [0.2, 0.25) is 0 Å². The SMILES string of the molecule is CNc1cc2ccc(Cl)c(-c3ccccc3Cl)c2o1. The number of furan rings is 1. The van der Waals surface area contributed by atoms with Crippen molar-refractivity contribution in [3.63, 3.8) is 0 Å². The van der Waals surface area contributed by atoms with Crippen molar-refractivity contribution in [1.29, 1.82) is 0 Å². The second-order valence-corrected chi connectivity index (χ2v) is 5.00. The fraction of sp³-hybridized carbons (Fsp3) is 0.0667. The predicted molar refractivity (Wildman–Crippen MR) is 81.2 cm³/mol. The summed E-state index contributed by atoms with van der Waals surface area (Å²) in [5.74, 6) is 0.700. The zero-order chi connectivity index (χ0) is 13.4. The summed E-state index contributed by atoms with van der Waals surface area (Å²) < 4.78 is 5.78. The Labute approximate surface area is 120 Å². The normalized spacial score (nSPS) is 10.9. The Morgan fingerprint density at radius 3 is 2.53 bits per heavy atom. The molecular weight excluding hydrogens is 281 g/mol. The predicted octanol–water partition coefficient (Wildman–Crippen LogP) is 5.45. The van der Waals surface area contributed by atoms with Crippen LogP contribution in [0.2, 0.25) is 10.0 Å². The van der Waals surface area contributed by atoms with E-state index in [0.29, 0.717) is 15.9 Å². The monoisotopic (exact) mass is 291 g/mol. The van der Waals surface area contributed by atoms with Crippen LogP contribution in [0.15, 0.2) is 46.9 Å². The lowest BCUT2D eigenvalue weighted by Crippen LogP contribution is -1.83. The molecule has 0 radical (unpaired) electrons. The third kappa shape index (κ3) is 2.07. The molecule has 0 bridgehead atoms. The highest BCUT2D eigenvalue weighted by Crippen LogP contribution is 2.40. The van der Waals surface area contributed by atoms with Crippen LogP contribution in [0, 0.1) is 0 Å². The third-order valence-electron chi connectivity index (χ3n) is 3.03. The lowest BCUT2D eigenvalue weighted by molar-refractivity contribution is 0.633. The van der Waals surface area contributed by atoms with Crippen LogP contribution in [0.4, 0.5) is 5.88 Å². The second kappa shape index (κ2) is 4.80. The molecule has 1 N–H and O–H groups in total. The third-order valence-corrected chi connectivity index (χ3v) is 3.67. The standard InChI is InChI=1S/C15H11Cl2NO/c1-18-13-8-9-6-7-12(17)14(15(9)19-13)10-4-2-3-5-11(10)16/h2-8,18H,1H3. The van der Waals surface area contributed by atoms with Crippen molar-refractivity contribution < 1.29 is 4.42 Å². The maximum Gasteiger partial charge on any atom is 0.193 e. The molecule has 0 unspecified atom stereocenters. The summed E-state index contributed by atoms with van der Waals surface area (Å²) >= 11 is 12.6. The largest absolute Gasteiger partial charge is 0.440 e. The van der Waals surface area contributed by atoms with Gasteiger partial charge in [0.1, 0.15) is 5.58 Å². The molecule has 1 aromatic heterocycles. The van der Waals surface area contributed by atoms with E-state index < -0.39 is 0 Å². The summed E-state index contributed by atoms with van der Waals surface area (Å²) in [6.07, 6.45) is 0. The molecule has 0 saturated carbocycles. The maximum absolute atomic E-state index is 6.32. The van der Waals surface area contributed by atoms with Crippen molar-refractivity contribution >= 4 is 40.1 Å². The molecule has 0 saturated heterocycles. The van der Waals surface area contributed by atoms with E-state index in [2.05, 4.69) is 5.32 Å². The van der Waals surface area contributed by atoms with Crippen molar-refractivity contribution in [3.05, 3.63) is 52.5 Å². The molecule has 0 atom stereocenters. The number of benzene rings is 2. The van der Waals surface area contributed by atoms with E-state index in [-0.39, 0.29) is 0 Å². The zero-order valence-corrected chi connectivity index (χ0v) is 11.7. The Morgan fingerprint density at radius 2 is 1.79 bits per heavy atom. The van der Waals surface area contributed by atoms with Gasteiger partial charge < -0.3 is 9.73 Å². The first-order valence-electron chi connectivity index (χ1n) is 5.85. The van der Waals surface area contributed by atoms with Gasteiger partial charge in [0.25, 0.3) is 0 Å². The van der Waals surface area contributed by atoms with Crippen LogP contribution in [0.1, 0.15) is 0 Å². The van der Waals surface area contributed by atoms with Crippen LogP contribution in [-0.4, -0.2) is 7.05 Å². The van der Waals surface area contributed by atoms with E-state index in [0.717, 1.165) is 22.1 Å². The number of hydrogen-bond acceptors (Lipinski definition) is 2. The smallest absolute Gasteiger partial charge is 0.193 e. The topological polar surface area (TPSA) is 25.2 Å². The average molecular weight is 292 g/mol. The minimum atomic E-state index is 0.623. The summed E-state index contributed by atoms with van der Waals surface area (Å²) in [6.45, 7) is 0. The molecule has 2 aromatic carbocycles. The Morgan fingerprint density at radius 1 is 1.00 bits per heavy atom. The van der Waals surface area contributed by atoms with Crippen molar-refractivity contribution in [2.24, 2.45) is 0 Å². The number of halogens is 2. The van der Waals surface area contributed by atoms with Crippen molar-refractivity contribution in [2.75, 3.05) is 12.4 Å². The van der Waals surface area contributed by atoms with Gasteiger partial charge in [-0.3, -0.25) is 0 Å². The van der Waals surface area contributed by atoms with Gasteiger partial charge in [-0.05, 0) is 18.2 Å². The summed E-state index contributed by atoms with van der Waals surface area (Å²) in [4.78, 5) is 0. The molecule has 3 rings (SSSR count). The van der Waals surface area contributed by atoms with E-state index in [1.54, 1.807) is 0 Å². The lowest BCUT2D eigenvalue weighted by atomic mass is 10.0. The highest BCUT2D eigenvalue weighted by atomic mass is 35.5. The first kappa shape index (κ1) is 12.4. The van der Waals surface area contributed by atoms with Crippen LogP contribution in [0.25, 0.3) is 22.1 Å². The Bertz CT molecular complexity index is 749. The molecular formula is C15H11Cl2NO. The van der Waals surface area contributed by atoms with Crippen LogP contribution in [0.5, 0.6) is 0 Å². The first-order valence-corrected chi connectivity index (χ1v) is 6.61. The number of anilines is 1. The number of fused-ring (bicyclic) bond motifs is 1. The van der Waals surface area contributed by atoms with Crippen molar-refractivity contribution in [3.8, 4) is 11.1 Å². The second-order valence-electron chi connectivity index (χ2n) is 4.18. The number of nitrogens with one attached hydrogen (secondary N) is 1. The Balaban J connectivity index is 2.36. The van der Waals surface area contributed by atoms with E-state index in [1.807, 2.05) is 49.5 Å². The van der Waals surface area contributed by atoms with Crippen LogP contribution in [-0.2, 0) is 0 Å². The minimum absolute atomic E-state index is 0.623. The van der Waals surface area contributed by atoms with E-state index >= 15 is 0 Å². The Kier molecular flexibility index (Phi) is 3.13. The van der Waals surface area contributed by atoms with Gasteiger partial charge in [0, 0.05) is 34.6 Å². The fourth-order valence-corrected chi connectivity index (χ4v) is 2.60. The van der Waals surface area contributed by atoms with Crippen LogP contribution >= 0.6 is 23.2 Å². The van der Waals surface area contributed by atoms with Gasteiger partial charge in [-0.2, -0.15) is 0 Å².